The summed E-state index contributed by atoms with van der Waals surface area (Å²) in [6.07, 6.45) is 3.26. The predicted octanol–water partition coefficient (Wildman–Crippen LogP) is 1.08. The van der Waals surface area contributed by atoms with Gasteiger partial charge in [0.1, 0.15) is 5.88 Å². The molecule has 0 aromatic heterocycles. The second kappa shape index (κ2) is 5.25. The highest BCUT2D eigenvalue weighted by atomic mass is 35.5. The molecule has 0 bridgehead atoms. The van der Waals surface area contributed by atoms with Crippen LogP contribution in [-0.2, 0) is 9.59 Å². The van der Waals surface area contributed by atoms with E-state index in [1.165, 1.54) is 0 Å². The van der Waals surface area contributed by atoms with Crippen molar-refractivity contribution in [1.29, 1.82) is 0 Å². The molecule has 1 aliphatic heterocycles. The SMILES string of the molecule is CC(=O)N(C[C@H]1CCN(C(=O)CCl)C1)C1CC1. The Balaban J connectivity index is 1.84. The van der Waals surface area contributed by atoms with E-state index in [4.69, 9.17) is 11.6 Å². The van der Waals surface area contributed by atoms with Crippen molar-refractivity contribution >= 4 is 23.4 Å². The van der Waals surface area contributed by atoms with Gasteiger partial charge in [0, 0.05) is 32.6 Å². The Kier molecular flexibility index (Phi) is 3.92. The van der Waals surface area contributed by atoms with E-state index in [1.54, 1.807) is 6.92 Å². The summed E-state index contributed by atoms with van der Waals surface area (Å²) < 4.78 is 0. The zero-order chi connectivity index (χ0) is 12.4. The molecule has 2 aliphatic rings. The van der Waals surface area contributed by atoms with E-state index in [0.717, 1.165) is 38.9 Å². The Bertz CT molecular complexity index is 318. The fourth-order valence-electron chi connectivity index (χ4n) is 2.49. The summed E-state index contributed by atoms with van der Waals surface area (Å²) in [6, 6.07) is 0.463. The van der Waals surface area contributed by atoms with Crippen LogP contribution >= 0.6 is 11.6 Å². The molecule has 0 radical (unpaired) electrons. The highest BCUT2D eigenvalue weighted by Crippen LogP contribution is 2.29. The van der Waals surface area contributed by atoms with Gasteiger partial charge in [-0.2, -0.15) is 0 Å². The van der Waals surface area contributed by atoms with Gasteiger partial charge in [0.15, 0.2) is 0 Å². The third kappa shape index (κ3) is 3.12. The molecule has 0 aromatic carbocycles. The number of amides is 2. The van der Waals surface area contributed by atoms with Crippen LogP contribution in [0.15, 0.2) is 0 Å². The number of carbonyl (C=O) groups is 2. The van der Waals surface area contributed by atoms with E-state index in [1.807, 2.05) is 9.80 Å². The normalized spacial score (nSPS) is 23.9. The van der Waals surface area contributed by atoms with Gasteiger partial charge in [-0.1, -0.05) is 0 Å². The lowest BCUT2D eigenvalue weighted by Crippen LogP contribution is -2.37. The minimum atomic E-state index is 0.00923. The van der Waals surface area contributed by atoms with E-state index in [9.17, 15) is 9.59 Å². The van der Waals surface area contributed by atoms with E-state index in [2.05, 4.69) is 0 Å². The third-order valence-corrected chi connectivity index (χ3v) is 3.83. The summed E-state index contributed by atoms with van der Waals surface area (Å²) in [6.45, 7) is 3.97. The average Bonchev–Trinajstić information content (AvgIpc) is 3.03. The number of hydrogen-bond donors (Lipinski definition) is 0. The minimum absolute atomic E-state index is 0.00923. The lowest BCUT2D eigenvalue weighted by atomic mass is 10.1. The van der Waals surface area contributed by atoms with Gasteiger partial charge >= 0.3 is 0 Å². The Labute approximate surface area is 107 Å². The highest BCUT2D eigenvalue weighted by molar-refractivity contribution is 6.27. The molecule has 0 N–H and O–H groups in total. The van der Waals surface area contributed by atoms with E-state index < -0.39 is 0 Å². The molecular weight excluding hydrogens is 240 g/mol. The maximum atomic E-state index is 11.5. The molecule has 1 saturated carbocycles. The zero-order valence-electron chi connectivity index (χ0n) is 10.2. The molecule has 0 unspecified atom stereocenters. The van der Waals surface area contributed by atoms with Crippen LogP contribution in [0.25, 0.3) is 0 Å². The van der Waals surface area contributed by atoms with Crippen molar-refractivity contribution in [3.05, 3.63) is 0 Å². The van der Waals surface area contributed by atoms with Crippen molar-refractivity contribution in [1.82, 2.24) is 9.80 Å². The molecular formula is C12H19ClN2O2. The Morgan fingerprint density at radius 2 is 2.06 bits per heavy atom. The van der Waals surface area contributed by atoms with Crippen molar-refractivity contribution in [3.63, 3.8) is 0 Å². The second-order valence-electron chi connectivity index (χ2n) is 5.03. The number of nitrogens with zero attached hydrogens (tertiary/aromatic N) is 2. The fourth-order valence-corrected chi connectivity index (χ4v) is 2.66. The third-order valence-electron chi connectivity index (χ3n) is 3.60. The summed E-state index contributed by atoms with van der Waals surface area (Å²) in [4.78, 5) is 26.7. The first-order valence-corrected chi connectivity index (χ1v) is 6.76. The van der Waals surface area contributed by atoms with Crippen LogP contribution in [0.4, 0.5) is 0 Å². The predicted molar refractivity (Wildman–Crippen MR) is 65.8 cm³/mol. The summed E-state index contributed by atoms with van der Waals surface area (Å²) in [5.74, 6) is 0.655. The molecule has 1 heterocycles. The lowest BCUT2D eigenvalue weighted by Gasteiger charge is -2.24. The smallest absolute Gasteiger partial charge is 0.237 e. The summed E-state index contributed by atoms with van der Waals surface area (Å²) in [5, 5.41) is 0. The molecule has 2 amide bonds. The Morgan fingerprint density at radius 1 is 1.35 bits per heavy atom. The van der Waals surface area contributed by atoms with Crippen molar-refractivity contribution < 1.29 is 9.59 Å². The Morgan fingerprint density at radius 3 is 2.59 bits per heavy atom. The van der Waals surface area contributed by atoms with Crippen LogP contribution in [0.2, 0.25) is 0 Å². The van der Waals surface area contributed by atoms with Gasteiger partial charge in [-0.25, -0.2) is 0 Å². The summed E-state index contributed by atoms with van der Waals surface area (Å²) in [5.41, 5.74) is 0. The monoisotopic (exact) mass is 258 g/mol. The molecule has 1 aliphatic carbocycles. The molecule has 4 nitrogen and oxygen atoms in total. The van der Waals surface area contributed by atoms with Crippen LogP contribution in [0.1, 0.15) is 26.2 Å². The molecule has 5 heteroatoms. The number of rotatable bonds is 4. The molecule has 0 aromatic rings. The van der Waals surface area contributed by atoms with Crippen LogP contribution in [0.3, 0.4) is 0 Å². The van der Waals surface area contributed by atoms with Gasteiger partial charge in [-0.3, -0.25) is 9.59 Å². The number of hydrogen-bond acceptors (Lipinski definition) is 2. The maximum Gasteiger partial charge on any atom is 0.237 e. The fraction of sp³-hybridized carbons (Fsp3) is 0.833. The number of alkyl halides is 1. The lowest BCUT2D eigenvalue weighted by molar-refractivity contribution is -0.130. The second-order valence-corrected chi connectivity index (χ2v) is 5.30. The first-order valence-electron chi connectivity index (χ1n) is 6.22. The molecule has 96 valence electrons. The largest absolute Gasteiger partial charge is 0.341 e. The van der Waals surface area contributed by atoms with Crippen LogP contribution in [-0.4, -0.2) is 53.2 Å². The van der Waals surface area contributed by atoms with Gasteiger partial charge in [-0.05, 0) is 25.2 Å². The molecule has 17 heavy (non-hydrogen) atoms. The molecule has 2 fully saturated rings. The first-order chi connectivity index (χ1) is 8.11. The minimum Gasteiger partial charge on any atom is -0.341 e. The van der Waals surface area contributed by atoms with Crippen LogP contribution in [0.5, 0.6) is 0 Å². The van der Waals surface area contributed by atoms with Gasteiger partial charge < -0.3 is 9.80 Å². The van der Waals surface area contributed by atoms with E-state index in [0.29, 0.717) is 12.0 Å². The van der Waals surface area contributed by atoms with Gasteiger partial charge in [-0.15, -0.1) is 11.6 Å². The molecule has 2 rings (SSSR count). The van der Waals surface area contributed by atoms with Crippen LogP contribution < -0.4 is 0 Å². The quantitative estimate of drug-likeness (QED) is 0.708. The summed E-state index contributed by atoms with van der Waals surface area (Å²) >= 11 is 5.54. The Hall–Kier alpha value is -0.770. The zero-order valence-corrected chi connectivity index (χ0v) is 10.9. The maximum absolute atomic E-state index is 11.5. The first kappa shape index (κ1) is 12.7. The molecule has 1 saturated heterocycles. The van der Waals surface area contributed by atoms with E-state index in [-0.39, 0.29) is 17.7 Å². The topological polar surface area (TPSA) is 40.6 Å². The molecule has 0 spiro atoms. The van der Waals surface area contributed by atoms with Gasteiger partial charge in [0.05, 0.1) is 0 Å². The van der Waals surface area contributed by atoms with Gasteiger partial charge in [0.2, 0.25) is 11.8 Å². The summed E-state index contributed by atoms with van der Waals surface area (Å²) in [7, 11) is 0. The van der Waals surface area contributed by atoms with Crippen molar-refractivity contribution in [3.8, 4) is 0 Å². The van der Waals surface area contributed by atoms with Crippen molar-refractivity contribution in [2.75, 3.05) is 25.5 Å². The van der Waals surface area contributed by atoms with Crippen molar-refractivity contribution in [2.45, 2.75) is 32.2 Å². The number of carbonyl (C=O) groups excluding carboxylic acids is 2. The standard InChI is InChI=1S/C12H19ClN2O2/c1-9(16)15(11-2-3-11)8-10-4-5-14(7-10)12(17)6-13/h10-11H,2-8H2,1H3/t10-/m0/s1. The highest BCUT2D eigenvalue weighted by Gasteiger charge is 2.34. The van der Waals surface area contributed by atoms with Crippen molar-refractivity contribution in [2.24, 2.45) is 5.92 Å². The van der Waals surface area contributed by atoms with Gasteiger partial charge in [0.25, 0.3) is 0 Å². The van der Waals surface area contributed by atoms with E-state index >= 15 is 0 Å². The number of halogens is 1. The number of likely N-dealkylation sites (tertiary alicyclic amines) is 1. The van der Waals surface area contributed by atoms with Crippen LogP contribution in [0, 0.1) is 5.92 Å². The molecule has 1 atom stereocenters. The average molecular weight is 259 g/mol.